The summed E-state index contributed by atoms with van der Waals surface area (Å²) in [6, 6.07) is 14.7. The Kier molecular flexibility index (Phi) is 4.72. The molecule has 21 heavy (non-hydrogen) atoms. The molecule has 0 N–H and O–H groups in total. The van der Waals surface area contributed by atoms with E-state index in [0.29, 0.717) is 12.1 Å². The van der Waals surface area contributed by atoms with Crippen molar-refractivity contribution in [1.29, 1.82) is 0 Å². The van der Waals surface area contributed by atoms with E-state index in [2.05, 4.69) is 4.74 Å². The maximum atomic E-state index is 11.4. The summed E-state index contributed by atoms with van der Waals surface area (Å²) in [5, 5.41) is 0. The van der Waals surface area contributed by atoms with Crippen LogP contribution in [0.25, 0.3) is 0 Å². The van der Waals surface area contributed by atoms with Crippen LogP contribution >= 0.6 is 0 Å². The fourth-order valence-corrected chi connectivity index (χ4v) is 2.13. The van der Waals surface area contributed by atoms with Crippen molar-refractivity contribution in [2.75, 3.05) is 12.0 Å². The van der Waals surface area contributed by atoms with Gasteiger partial charge in [-0.2, -0.15) is 0 Å². The van der Waals surface area contributed by atoms with Gasteiger partial charge >= 0.3 is 5.97 Å². The molecule has 0 fully saturated rings. The molecule has 2 aromatic rings. The molecule has 4 heteroatoms. The van der Waals surface area contributed by atoms with Crippen LogP contribution in [0.1, 0.15) is 21.5 Å². The van der Waals surface area contributed by atoms with Gasteiger partial charge in [-0.25, -0.2) is 4.79 Å². The van der Waals surface area contributed by atoms with Crippen LogP contribution in [-0.4, -0.2) is 19.5 Å². The number of hydrogen-bond donors (Lipinski definition) is 0. The van der Waals surface area contributed by atoms with E-state index in [-0.39, 0.29) is 5.97 Å². The number of anilines is 1. The molecule has 2 rings (SSSR count). The molecule has 0 spiro atoms. The van der Waals surface area contributed by atoms with Gasteiger partial charge in [0.2, 0.25) is 6.41 Å². The molecule has 0 saturated heterocycles. The van der Waals surface area contributed by atoms with Gasteiger partial charge in [-0.1, -0.05) is 30.3 Å². The Morgan fingerprint density at radius 1 is 1.14 bits per heavy atom. The molecule has 108 valence electrons. The van der Waals surface area contributed by atoms with Gasteiger partial charge in [-0.15, -0.1) is 0 Å². The monoisotopic (exact) mass is 283 g/mol. The zero-order valence-corrected chi connectivity index (χ0v) is 12.1. The van der Waals surface area contributed by atoms with Gasteiger partial charge in [-0.05, 0) is 36.2 Å². The quantitative estimate of drug-likeness (QED) is 0.626. The molecule has 0 aliphatic rings. The Balaban J connectivity index is 2.18. The molecule has 0 heterocycles. The van der Waals surface area contributed by atoms with Gasteiger partial charge in [0.1, 0.15) is 0 Å². The first-order valence-electron chi connectivity index (χ1n) is 6.60. The number of amides is 1. The van der Waals surface area contributed by atoms with Crippen LogP contribution in [0.4, 0.5) is 5.69 Å². The van der Waals surface area contributed by atoms with Gasteiger partial charge in [0.15, 0.2) is 0 Å². The number of carbonyl (C=O) groups excluding carboxylic acids is 2. The second kappa shape index (κ2) is 6.70. The first-order valence-corrected chi connectivity index (χ1v) is 6.60. The third-order valence-electron chi connectivity index (χ3n) is 3.28. The Hall–Kier alpha value is -2.62. The lowest BCUT2D eigenvalue weighted by Crippen LogP contribution is -2.21. The molecule has 4 nitrogen and oxygen atoms in total. The van der Waals surface area contributed by atoms with Crippen LogP contribution in [0.15, 0.2) is 48.5 Å². The Morgan fingerprint density at radius 3 is 2.38 bits per heavy atom. The van der Waals surface area contributed by atoms with Gasteiger partial charge in [0.05, 0.1) is 19.2 Å². The summed E-state index contributed by atoms with van der Waals surface area (Å²) in [5.74, 6) is -0.368. The molecule has 0 bridgehead atoms. The topological polar surface area (TPSA) is 46.6 Å². The number of ether oxygens (including phenoxy) is 1. The molecule has 0 aromatic heterocycles. The third-order valence-corrected chi connectivity index (χ3v) is 3.28. The molecule has 0 saturated carbocycles. The fraction of sp³-hybridized carbons (Fsp3) is 0.176. The van der Waals surface area contributed by atoms with Crippen molar-refractivity contribution in [3.05, 3.63) is 65.2 Å². The first kappa shape index (κ1) is 14.8. The maximum Gasteiger partial charge on any atom is 0.337 e. The van der Waals surface area contributed by atoms with Gasteiger partial charge in [0.25, 0.3) is 0 Å². The molecule has 0 radical (unpaired) electrons. The third kappa shape index (κ3) is 3.48. The van der Waals surface area contributed by atoms with Crippen LogP contribution in [0.2, 0.25) is 0 Å². The second-order valence-corrected chi connectivity index (χ2v) is 4.71. The second-order valence-electron chi connectivity index (χ2n) is 4.71. The molecule has 0 unspecified atom stereocenters. The summed E-state index contributed by atoms with van der Waals surface area (Å²) in [6.45, 7) is 2.42. The van der Waals surface area contributed by atoms with E-state index in [4.69, 9.17) is 0 Å². The minimum Gasteiger partial charge on any atom is -0.465 e. The first-order chi connectivity index (χ1) is 10.2. The Morgan fingerprint density at radius 2 is 1.81 bits per heavy atom. The normalized spacial score (nSPS) is 10.0. The van der Waals surface area contributed by atoms with Crippen molar-refractivity contribution >= 4 is 18.1 Å². The molecule has 0 aliphatic carbocycles. The predicted octanol–water partition coefficient (Wildman–Crippen LogP) is 2.94. The van der Waals surface area contributed by atoms with E-state index in [9.17, 15) is 9.59 Å². The van der Waals surface area contributed by atoms with Crippen LogP contribution < -0.4 is 4.90 Å². The standard InChI is InChI=1S/C17H17NO3/c1-13-5-3-4-6-16(13)18(12-19)11-14-7-9-15(10-8-14)17(20)21-2/h3-10,12H,11H2,1-2H3. The summed E-state index contributed by atoms with van der Waals surface area (Å²) in [4.78, 5) is 24.4. The van der Waals surface area contributed by atoms with Crippen LogP contribution in [-0.2, 0) is 16.1 Å². The lowest BCUT2D eigenvalue weighted by molar-refractivity contribution is -0.107. The highest BCUT2D eigenvalue weighted by atomic mass is 16.5. The number of carbonyl (C=O) groups is 2. The van der Waals surface area contributed by atoms with Crippen molar-refractivity contribution in [2.24, 2.45) is 0 Å². The molecule has 0 aliphatic heterocycles. The molecular formula is C17H17NO3. The van der Waals surface area contributed by atoms with Crippen molar-refractivity contribution < 1.29 is 14.3 Å². The number of para-hydroxylation sites is 1. The zero-order chi connectivity index (χ0) is 15.2. The predicted molar refractivity (Wildman–Crippen MR) is 81.2 cm³/mol. The van der Waals surface area contributed by atoms with E-state index >= 15 is 0 Å². The van der Waals surface area contributed by atoms with Gasteiger partial charge in [-0.3, -0.25) is 4.79 Å². The summed E-state index contributed by atoms with van der Waals surface area (Å²) in [6.07, 6.45) is 0.816. The molecule has 1 amide bonds. The Labute approximate surface area is 124 Å². The van der Waals surface area contributed by atoms with E-state index in [1.165, 1.54) is 7.11 Å². The number of rotatable bonds is 5. The molecular weight excluding hydrogens is 266 g/mol. The van der Waals surface area contributed by atoms with Gasteiger partial charge < -0.3 is 9.64 Å². The summed E-state index contributed by atoms with van der Waals surface area (Å²) < 4.78 is 4.66. The number of nitrogens with zero attached hydrogens (tertiary/aromatic N) is 1. The summed E-state index contributed by atoms with van der Waals surface area (Å²) in [5.41, 5.74) is 3.35. The van der Waals surface area contributed by atoms with Crippen LogP contribution in [0.3, 0.4) is 0 Å². The van der Waals surface area contributed by atoms with E-state index in [0.717, 1.165) is 23.2 Å². The molecule has 2 aromatic carbocycles. The van der Waals surface area contributed by atoms with E-state index in [1.807, 2.05) is 43.3 Å². The summed E-state index contributed by atoms with van der Waals surface area (Å²) in [7, 11) is 1.35. The number of aryl methyl sites for hydroxylation is 1. The maximum absolute atomic E-state index is 11.4. The fourth-order valence-electron chi connectivity index (χ4n) is 2.13. The number of hydrogen-bond acceptors (Lipinski definition) is 3. The Bertz CT molecular complexity index is 635. The lowest BCUT2D eigenvalue weighted by atomic mass is 10.1. The zero-order valence-electron chi connectivity index (χ0n) is 12.1. The lowest BCUT2D eigenvalue weighted by Gasteiger charge is -2.19. The van der Waals surface area contributed by atoms with Crippen molar-refractivity contribution in [3.8, 4) is 0 Å². The van der Waals surface area contributed by atoms with Crippen molar-refractivity contribution in [1.82, 2.24) is 0 Å². The smallest absolute Gasteiger partial charge is 0.337 e. The largest absolute Gasteiger partial charge is 0.465 e. The highest BCUT2D eigenvalue weighted by molar-refractivity contribution is 5.89. The average Bonchev–Trinajstić information content (AvgIpc) is 2.53. The minimum absolute atomic E-state index is 0.368. The number of methoxy groups -OCH3 is 1. The average molecular weight is 283 g/mol. The van der Waals surface area contributed by atoms with Crippen molar-refractivity contribution in [2.45, 2.75) is 13.5 Å². The van der Waals surface area contributed by atoms with Crippen molar-refractivity contribution in [3.63, 3.8) is 0 Å². The number of esters is 1. The SMILES string of the molecule is COC(=O)c1ccc(CN(C=O)c2ccccc2C)cc1. The van der Waals surface area contributed by atoms with E-state index in [1.54, 1.807) is 17.0 Å². The minimum atomic E-state index is -0.368. The summed E-state index contributed by atoms with van der Waals surface area (Å²) >= 11 is 0. The molecule has 0 atom stereocenters. The highest BCUT2D eigenvalue weighted by Crippen LogP contribution is 2.20. The van der Waals surface area contributed by atoms with Gasteiger partial charge in [0, 0.05) is 5.69 Å². The van der Waals surface area contributed by atoms with Crippen LogP contribution in [0, 0.1) is 6.92 Å². The van der Waals surface area contributed by atoms with Crippen LogP contribution in [0.5, 0.6) is 0 Å². The highest BCUT2D eigenvalue weighted by Gasteiger charge is 2.10. The van der Waals surface area contributed by atoms with E-state index < -0.39 is 0 Å². The number of benzene rings is 2.